The van der Waals surface area contributed by atoms with Crippen molar-refractivity contribution in [3.05, 3.63) is 12.2 Å². The molecule has 6 heteroatoms. The Morgan fingerprint density at radius 2 is 1.89 bits per heavy atom. The minimum atomic E-state index is -0.657. The molecule has 1 fully saturated rings. The second-order valence-corrected chi connectivity index (χ2v) is 4.49. The molecule has 1 aliphatic heterocycles. The topological polar surface area (TPSA) is 71.1 Å². The molecule has 1 rings (SSSR count). The molecule has 6 nitrogen and oxygen atoms in total. The number of esters is 2. The minimum absolute atomic E-state index is 0.230. The van der Waals surface area contributed by atoms with Crippen LogP contribution in [-0.4, -0.2) is 43.7 Å². The van der Waals surface area contributed by atoms with Crippen LogP contribution in [0.25, 0.3) is 0 Å². The summed E-state index contributed by atoms with van der Waals surface area (Å²) in [5.74, 6) is -1.92. The Bertz CT molecular complexity index is 336. The van der Waals surface area contributed by atoms with Gasteiger partial charge in [-0.3, -0.25) is 0 Å². The maximum Gasteiger partial charge on any atom is 0.344 e. The molecule has 0 bridgehead atoms. The molecule has 0 spiro atoms. The van der Waals surface area contributed by atoms with E-state index in [4.69, 9.17) is 14.2 Å². The van der Waals surface area contributed by atoms with Gasteiger partial charge in [-0.1, -0.05) is 6.58 Å². The highest BCUT2D eigenvalue weighted by atomic mass is 16.7. The van der Waals surface area contributed by atoms with Crippen LogP contribution in [0, 0.1) is 0 Å². The maximum absolute atomic E-state index is 11.4. The molecule has 0 aromatic carbocycles. The van der Waals surface area contributed by atoms with Crippen molar-refractivity contribution in [2.24, 2.45) is 0 Å². The van der Waals surface area contributed by atoms with E-state index in [0.717, 1.165) is 0 Å². The Morgan fingerprint density at radius 1 is 1.33 bits per heavy atom. The van der Waals surface area contributed by atoms with Gasteiger partial charge in [0.1, 0.15) is 6.10 Å². The first-order valence-electron chi connectivity index (χ1n) is 5.60. The highest BCUT2D eigenvalue weighted by Crippen LogP contribution is 2.18. The van der Waals surface area contributed by atoms with Crippen LogP contribution < -0.4 is 0 Å². The van der Waals surface area contributed by atoms with Gasteiger partial charge in [-0.05, 0) is 20.8 Å². The first-order chi connectivity index (χ1) is 8.30. The van der Waals surface area contributed by atoms with Crippen LogP contribution in [0.4, 0.5) is 0 Å². The lowest BCUT2D eigenvalue weighted by Gasteiger charge is -2.34. The average molecular weight is 258 g/mol. The Balaban J connectivity index is 2.25. The van der Waals surface area contributed by atoms with Gasteiger partial charge in [0.15, 0.2) is 12.4 Å². The van der Waals surface area contributed by atoms with Crippen LogP contribution in [0.1, 0.15) is 20.8 Å². The number of carbonyl (C=O) groups is 2. The number of hydrogen-bond donors (Lipinski definition) is 0. The number of rotatable bonds is 4. The second kappa shape index (κ2) is 5.97. The van der Waals surface area contributed by atoms with Crippen molar-refractivity contribution in [3.8, 4) is 0 Å². The largest absolute Gasteiger partial charge is 0.455 e. The summed E-state index contributed by atoms with van der Waals surface area (Å²) in [6.07, 6.45) is -0.478. The molecule has 0 atom stereocenters. The lowest BCUT2D eigenvalue weighted by molar-refractivity contribution is -0.276. The third-order valence-corrected chi connectivity index (χ3v) is 2.20. The van der Waals surface area contributed by atoms with Gasteiger partial charge in [0, 0.05) is 5.57 Å². The van der Waals surface area contributed by atoms with Crippen molar-refractivity contribution in [2.75, 3.05) is 19.8 Å². The summed E-state index contributed by atoms with van der Waals surface area (Å²) in [5.41, 5.74) is 0.230. The van der Waals surface area contributed by atoms with E-state index in [9.17, 15) is 9.59 Å². The van der Waals surface area contributed by atoms with Crippen LogP contribution in [0.15, 0.2) is 12.2 Å². The third kappa shape index (κ3) is 4.85. The van der Waals surface area contributed by atoms with Gasteiger partial charge in [-0.15, -0.1) is 0 Å². The van der Waals surface area contributed by atoms with Gasteiger partial charge in [0.25, 0.3) is 0 Å². The fourth-order valence-corrected chi connectivity index (χ4v) is 1.21. The fraction of sp³-hybridized carbons (Fsp3) is 0.667. The first kappa shape index (κ1) is 14.7. The zero-order valence-electron chi connectivity index (χ0n) is 10.9. The standard InChI is InChI=1S/C12H18O6/c1-8(2)11(14)15-7-10(13)18-9-5-16-12(3,4)17-6-9/h9H,1,5-7H2,2-4H3. The van der Waals surface area contributed by atoms with Gasteiger partial charge in [-0.25, -0.2) is 9.59 Å². The van der Waals surface area contributed by atoms with Crippen molar-refractivity contribution in [1.29, 1.82) is 0 Å². The lowest BCUT2D eigenvalue weighted by atomic mass is 10.3. The molecule has 0 amide bonds. The Morgan fingerprint density at radius 3 is 2.39 bits per heavy atom. The molecule has 0 aromatic heterocycles. The molecule has 0 saturated carbocycles. The summed E-state index contributed by atoms with van der Waals surface area (Å²) in [4.78, 5) is 22.4. The van der Waals surface area contributed by atoms with Crippen LogP contribution in [0.5, 0.6) is 0 Å². The van der Waals surface area contributed by atoms with E-state index >= 15 is 0 Å². The molecule has 1 aliphatic rings. The molecule has 0 aliphatic carbocycles. The number of carbonyl (C=O) groups excluding carboxylic acids is 2. The third-order valence-electron chi connectivity index (χ3n) is 2.20. The van der Waals surface area contributed by atoms with Crippen LogP contribution in [0.2, 0.25) is 0 Å². The van der Waals surface area contributed by atoms with Crippen molar-refractivity contribution in [3.63, 3.8) is 0 Å². The lowest BCUT2D eigenvalue weighted by Crippen LogP contribution is -2.44. The van der Waals surface area contributed by atoms with Gasteiger partial charge in [0.05, 0.1) is 13.2 Å². The Hall–Kier alpha value is -1.40. The molecule has 0 unspecified atom stereocenters. The van der Waals surface area contributed by atoms with Gasteiger partial charge in [0.2, 0.25) is 0 Å². The monoisotopic (exact) mass is 258 g/mol. The Kier molecular flexibility index (Phi) is 4.86. The summed E-state index contributed by atoms with van der Waals surface area (Å²) in [6.45, 7) is 8.53. The van der Waals surface area contributed by atoms with E-state index in [2.05, 4.69) is 11.3 Å². The zero-order chi connectivity index (χ0) is 13.8. The predicted molar refractivity (Wildman–Crippen MR) is 61.6 cm³/mol. The van der Waals surface area contributed by atoms with Crippen LogP contribution >= 0.6 is 0 Å². The predicted octanol–water partition coefficient (Wildman–Crippen LogP) is 0.800. The van der Waals surface area contributed by atoms with E-state index in [1.807, 2.05) is 0 Å². The van der Waals surface area contributed by atoms with Crippen molar-refractivity contribution < 1.29 is 28.5 Å². The summed E-state index contributed by atoms with van der Waals surface area (Å²) >= 11 is 0. The highest BCUT2D eigenvalue weighted by molar-refractivity contribution is 5.88. The van der Waals surface area contributed by atoms with Crippen LogP contribution in [-0.2, 0) is 28.5 Å². The van der Waals surface area contributed by atoms with Gasteiger partial charge < -0.3 is 18.9 Å². The fourth-order valence-electron chi connectivity index (χ4n) is 1.21. The summed E-state index contributed by atoms with van der Waals surface area (Å²) in [7, 11) is 0. The maximum atomic E-state index is 11.4. The zero-order valence-corrected chi connectivity index (χ0v) is 10.9. The summed E-state index contributed by atoms with van der Waals surface area (Å²) < 4.78 is 20.3. The van der Waals surface area contributed by atoms with Gasteiger partial charge in [-0.2, -0.15) is 0 Å². The molecule has 0 aromatic rings. The average Bonchev–Trinajstić information content (AvgIpc) is 2.28. The molecule has 102 valence electrons. The van der Waals surface area contributed by atoms with E-state index < -0.39 is 30.4 Å². The molecule has 1 heterocycles. The molecule has 0 N–H and O–H groups in total. The summed E-state index contributed by atoms with van der Waals surface area (Å²) in [5, 5.41) is 0. The molecular formula is C12H18O6. The molecule has 0 radical (unpaired) electrons. The molecular weight excluding hydrogens is 240 g/mol. The second-order valence-electron chi connectivity index (χ2n) is 4.49. The van der Waals surface area contributed by atoms with E-state index in [1.54, 1.807) is 13.8 Å². The van der Waals surface area contributed by atoms with Crippen molar-refractivity contribution in [1.82, 2.24) is 0 Å². The Labute approximate surface area is 106 Å². The van der Waals surface area contributed by atoms with Crippen LogP contribution in [0.3, 0.4) is 0 Å². The van der Waals surface area contributed by atoms with Crippen molar-refractivity contribution >= 4 is 11.9 Å². The highest BCUT2D eigenvalue weighted by Gasteiger charge is 2.30. The van der Waals surface area contributed by atoms with Gasteiger partial charge >= 0.3 is 11.9 Å². The quantitative estimate of drug-likeness (QED) is 0.548. The minimum Gasteiger partial charge on any atom is -0.455 e. The van der Waals surface area contributed by atoms with E-state index in [0.29, 0.717) is 0 Å². The normalized spacial score (nSPS) is 19.1. The SMILES string of the molecule is C=C(C)C(=O)OCC(=O)OC1COC(C)(C)OC1. The molecule has 1 saturated heterocycles. The van der Waals surface area contributed by atoms with Crippen molar-refractivity contribution in [2.45, 2.75) is 32.7 Å². The van der Waals surface area contributed by atoms with E-state index in [1.165, 1.54) is 6.92 Å². The van der Waals surface area contributed by atoms with E-state index in [-0.39, 0.29) is 18.8 Å². The smallest absolute Gasteiger partial charge is 0.344 e. The number of hydrogen-bond acceptors (Lipinski definition) is 6. The summed E-state index contributed by atoms with van der Waals surface area (Å²) in [6, 6.07) is 0. The first-order valence-corrected chi connectivity index (χ1v) is 5.60. The molecule has 18 heavy (non-hydrogen) atoms. The number of ether oxygens (including phenoxy) is 4.